The number of anilines is 1. The molecule has 0 radical (unpaired) electrons. The molecule has 1 N–H and O–H groups in total. The van der Waals surface area contributed by atoms with Crippen LogP contribution in [0.5, 0.6) is 0 Å². The van der Waals surface area contributed by atoms with Gasteiger partial charge in [-0.1, -0.05) is 18.2 Å². The summed E-state index contributed by atoms with van der Waals surface area (Å²) < 4.78 is 5.09. The molecule has 1 aromatic heterocycles. The molecule has 2 aromatic carbocycles. The summed E-state index contributed by atoms with van der Waals surface area (Å²) in [6, 6.07) is 12.1. The molecule has 0 unspecified atom stereocenters. The highest BCUT2D eigenvalue weighted by atomic mass is 32.1. The minimum Gasteiger partial charge on any atom is -0.462 e. The number of carbonyl (C=O) groups is 4. The Kier molecular flexibility index (Phi) is 6.43. The molecule has 11 heteroatoms. The van der Waals surface area contributed by atoms with E-state index in [1.165, 1.54) is 31.2 Å². The fourth-order valence-corrected chi connectivity index (χ4v) is 4.78. The number of nitro benzene ring substituents is 1. The Labute approximate surface area is 203 Å². The molecule has 0 spiro atoms. The molecule has 0 saturated heterocycles. The van der Waals surface area contributed by atoms with Crippen molar-refractivity contribution in [3.63, 3.8) is 0 Å². The van der Waals surface area contributed by atoms with E-state index in [0.717, 1.165) is 16.2 Å². The molecule has 0 bridgehead atoms. The van der Waals surface area contributed by atoms with Gasteiger partial charge in [0.1, 0.15) is 5.00 Å². The number of amides is 3. The number of esters is 1. The fraction of sp³-hybridized carbons (Fsp3) is 0.167. The standard InChI is InChI=1S/C24H19N3O7S/c1-3-34-24(31)18-11-14(12-26-22(29)16-7-4-5-8-17(16)23(26)30)35-21(18)25-20(28)15-9-6-10-19(13(15)2)27(32)33/h4-11H,3,12H2,1-2H3,(H,25,28). The highest BCUT2D eigenvalue weighted by Gasteiger charge is 2.35. The first-order valence-corrected chi connectivity index (χ1v) is 11.3. The van der Waals surface area contributed by atoms with Crippen LogP contribution in [0.3, 0.4) is 0 Å². The van der Waals surface area contributed by atoms with E-state index >= 15 is 0 Å². The van der Waals surface area contributed by atoms with Crippen molar-refractivity contribution in [2.45, 2.75) is 20.4 Å². The Morgan fingerprint density at radius 3 is 2.31 bits per heavy atom. The number of nitrogens with one attached hydrogen (secondary N) is 1. The third-order valence-corrected chi connectivity index (χ3v) is 6.48. The number of hydrogen-bond acceptors (Lipinski definition) is 8. The minimum absolute atomic E-state index is 0.0555. The summed E-state index contributed by atoms with van der Waals surface area (Å²) in [5.41, 5.74) is 0.698. The number of hydrogen-bond donors (Lipinski definition) is 1. The predicted octanol–water partition coefficient (Wildman–Crippen LogP) is 4.19. The van der Waals surface area contributed by atoms with Gasteiger partial charge >= 0.3 is 5.97 Å². The van der Waals surface area contributed by atoms with Crippen molar-refractivity contribution in [1.29, 1.82) is 0 Å². The molecule has 0 aliphatic carbocycles. The van der Waals surface area contributed by atoms with Gasteiger partial charge in [0, 0.05) is 22.1 Å². The van der Waals surface area contributed by atoms with Crippen molar-refractivity contribution in [1.82, 2.24) is 4.90 Å². The lowest BCUT2D eigenvalue weighted by atomic mass is 10.1. The zero-order valence-electron chi connectivity index (χ0n) is 18.7. The Morgan fingerprint density at radius 2 is 1.71 bits per heavy atom. The van der Waals surface area contributed by atoms with Gasteiger partial charge in [0.2, 0.25) is 0 Å². The third kappa shape index (κ3) is 4.41. The Morgan fingerprint density at radius 1 is 1.06 bits per heavy atom. The van der Waals surface area contributed by atoms with Gasteiger partial charge in [-0.3, -0.25) is 29.4 Å². The molecule has 1 aliphatic rings. The molecule has 178 valence electrons. The van der Waals surface area contributed by atoms with Crippen LogP contribution in [-0.2, 0) is 11.3 Å². The predicted molar refractivity (Wildman–Crippen MR) is 127 cm³/mol. The van der Waals surface area contributed by atoms with E-state index in [9.17, 15) is 29.3 Å². The zero-order valence-corrected chi connectivity index (χ0v) is 19.5. The lowest BCUT2D eigenvalue weighted by molar-refractivity contribution is -0.385. The van der Waals surface area contributed by atoms with Crippen LogP contribution in [0.4, 0.5) is 10.7 Å². The van der Waals surface area contributed by atoms with Crippen molar-refractivity contribution in [3.05, 3.63) is 91.3 Å². The maximum Gasteiger partial charge on any atom is 0.341 e. The van der Waals surface area contributed by atoms with Crippen molar-refractivity contribution in [3.8, 4) is 0 Å². The number of fused-ring (bicyclic) bond motifs is 1. The molecule has 0 fully saturated rings. The van der Waals surface area contributed by atoms with Crippen molar-refractivity contribution >= 4 is 45.7 Å². The average Bonchev–Trinajstić information content (AvgIpc) is 3.33. The van der Waals surface area contributed by atoms with Crippen molar-refractivity contribution in [2.24, 2.45) is 0 Å². The molecule has 1 aliphatic heterocycles. The monoisotopic (exact) mass is 493 g/mol. The SMILES string of the molecule is CCOC(=O)c1cc(CN2C(=O)c3ccccc3C2=O)sc1NC(=O)c1cccc([N+](=O)[O-])c1C. The maximum atomic E-state index is 13.0. The molecule has 4 rings (SSSR count). The highest BCUT2D eigenvalue weighted by Crippen LogP contribution is 2.33. The molecule has 2 heterocycles. The van der Waals surface area contributed by atoms with Gasteiger partial charge in [0.15, 0.2) is 0 Å². The number of thiophene rings is 1. The summed E-state index contributed by atoms with van der Waals surface area (Å²) in [7, 11) is 0. The number of carbonyl (C=O) groups excluding carboxylic acids is 4. The largest absolute Gasteiger partial charge is 0.462 e. The van der Waals surface area contributed by atoms with Gasteiger partial charge in [-0.2, -0.15) is 0 Å². The van der Waals surface area contributed by atoms with Gasteiger partial charge in [-0.15, -0.1) is 11.3 Å². The smallest absolute Gasteiger partial charge is 0.341 e. The summed E-state index contributed by atoms with van der Waals surface area (Å²) in [5.74, 6) is -2.24. The number of ether oxygens (including phenoxy) is 1. The fourth-order valence-electron chi connectivity index (χ4n) is 3.75. The van der Waals surface area contributed by atoms with Crippen LogP contribution in [0, 0.1) is 17.0 Å². The molecule has 10 nitrogen and oxygen atoms in total. The van der Waals surface area contributed by atoms with Crippen LogP contribution in [0.2, 0.25) is 0 Å². The summed E-state index contributed by atoms with van der Waals surface area (Å²) in [5, 5.41) is 14.0. The van der Waals surface area contributed by atoms with Gasteiger partial charge < -0.3 is 10.1 Å². The van der Waals surface area contributed by atoms with Crippen LogP contribution >= 0.6 is 11.3 Å². The summed E-state index contributed by atoms with van der Waals surface area (Å²) in [6.45, 7) is 3.09. The molecule has 0 atom stereocenters. The second-order valence-electron chi connectivity index (χ2n) is 7.58. The summed E-state index contributed by atoms with van der Waals surface area (Å²) in [4.78, 5) is 63.1. The number of nitro groups is 1. The number of imide groups is 1. The van der Waals surface area contributed by atoms with Crippen molar-refractivity contribution < 1.29 is 28.8 Å². The quantitative estimate of drug-likeness (QED) is 0.226. The number of benzene rings is 2. The van der Waals surface area contributed by atoms with Gasteiger partial charge in [0.05, 0.1) is 34.8 Å². The van der Waals surface area contributed by atoms with Gasteiger partial charge in [-0.05, 0) is 38.1 Å². The second-order valence-corrected chi connectivity index (χ2v) is 8.72. The van der Waals surface area contributed by atoms with E-state index in [0.29, 0.717) is 16.0 Å². The van der Waals surface area contributed by atoms with Crippen LogP contribution in [0.15, 0.2) is 48.5 Å². The Balaban J connectivity index is 1.64. The lowest BCUT2D eigenvalue weighted by Gasteiger charge is -2.12. The molecule has 0 saturated carbocycles. The molecular weight excluding hydrogens is 474 g/mol. The van der Waals surface area contributed by atoms with Crippen molar-refractivity contribution in [2.75, 3.05) is 11.9 Å². The number of nitrogens with zero attached hydrogens (tertiary/aromatic N) is 2. The van der Waals surface area contributed by atoms with Crippen LogP contribution < -0.4 is 5.32 Å². The first-order chi connectivity index (χ1) is 16.7. The Hall–Kier alpha value is -4.38. The summed E-state index contributed by atoms with van der Waals surface area (Å²) in [6.07, 6.45) is 0. The van der Waals surface area contributed by atoms with E-state index in [4.69, 9.17) is 4.74 Å². The van der Waals surface area contributed by atoms with E-state index in [1.54, 1.807) is 31.2 Å². The van der Waals surface area contributed by atoms with Crippen LogP contribution in [0.25, 0.3) is 0 Å². The molecule has 35 heavy (non-hydrogen) atoms. The van der Waals surface area contributed by atoms with E-state index in [1.807, 2.05) is 0 Å². The first kappa shape index (κ1) is 23.8. The molecule has 3 aromatic rings. The normalized spacial score (nSPS) is 12.5. The average molecular weight is 493 g/mol. The number of rotatable bonds is 7. The van der Waals surface area contributed by atoms with E-state index < -0.39 is 28.6 Å². The zero-order chi connectivity index (χ0) is 25.3. The van der Waals surface area contributed by atoms with Gasteiger partial charge in [-0.25, -0.2) is 4.79 Å². The lowest BCUT2D eigenvalue weighted by Crippen LogP contribution is -2.28. The van der Waals surface area contributed by atoms with Crippen LogP contribution in [-0.4, -0.2) is 40.1 Å². The minimum atomic E-state index is -0.691. The van der Waals surface area contributed by atoms with Crippen LogP contribution in [0.1, 0.15) is 58.8 Å². The topological polar surface area (TPSA) is 136 Å². The molecular formula is C24H19N3O7S. The summed E-state index contributed by atoms with van der Waals surface area (Å²) >= 11 is 1.01. The van der Waals surface area contributed by atoms with E-state index in [-0.39, 0.29) is 40.5 Å². The third-order valence-electron chi connectivity index (χ3n) is 5.44. The Bertz CT molecular complexity index is 1360. The second kappa shape index (κ2) is 9.47. The first-order valence-electron chi connectivity index (χ1n) is 10.5. The highest BCUT2D eigenvalue weighted by molar-refractivity contribution is 7.16. The van der Waals surface area contributed by atoms with E-state index in [2.05, 4.69) is 5.32 Å². The molecule has 3 amide bonds. The maximum absolute atomic E-state index is 13.0. The van der Waals surface area contributed by atoms with Gasteiger partial charge in [0.25, 0.3) is 23.4 Å².